The third-order valence-corrected chi connectivity index (χ3v) is 2.78. The summed E-state index contributed by atoms with van der Waals surface area (Å²) in [7, 11) is 0. The fourth-order valence-electron chi connectivity index (χ4n) is 1.69. The molecule has 1 unspecified atom stereocenters. The number of hydrogen-bond donors (Lipinski definition) is 1. The minimum Gasteiger partial charge on any atom is -0.481 e. The maximum Gasteiger partial charge on any atom is 0.305 e. The summed E-state index contributed by atoms with van der Waals surface area (Å²) in [5.74, 6) is -1.25. The molecule has 0 spiro atoms. The lowest BCUT2D eigenvalue weighted by atomic mass is 10.2. The number of rotatable bonds is 5. The molecule has 1 rings (SSSR count). The highest BCUT2D eigenvalue weighted by molar-refractivity contribution is 6.30. The van der Waals surface area contributed by atoms with Gasteiger partial charge in [0.1, 0.15) is 5.69 Å². The van der Waals surface area contributed by atoms with Crippen molar-refractivity contribution in [3.8, 4) is 0 Å². The van der Waals surface area contributed by atoms with E-state index in [-0.39, 0.29) is 24.1 Å². The number of pyridine rings is 1. The van der Waals surface area contributed by atoms with E-state index in [0.29, 0.717) is 11.6 Å². The molecule has 5 nitrogen and oxygen atoms in total. The van der Waals surface area contributed by atoms with Crippen LogP contribution < -0.4 is 0 Å². The summed E-state index contributed by atoms with van der Waals surface area (Å²) >= 11 is 5.80. The van der Waals surface area contributed by atoms with Gasteiger partial charge in [-0.25, -0.2) is 0 Å². The Hall–Kier alpha value is -1.62. The maximum atomic E-state index is 12.2. The minimum absolute atomic E-state index is 0.0971. The Balaban J connectivity index is 2.88. The van der Waals surface area contributed by atoms with Crippen LogP contribution in [0.5, 0.6) is 0 Å². The maximum absolute atomic E-state index is 12.2. The molecule has 0 aromatic carbocycles. The van der Waals surface area contributed by atoms with Gasteiger partial charge in [0.05, 0.1) is 6.42 Å². The smallest absolute Gasteiger partial charge is 0.305 e. The van der Waals surface area contributed by atoms with E-state index < -0.39 is 5.97 Å². The Morgan fingerprint density at radius 2 is 2.22 bits per heavy atom. The molecular formula is C12H15ClN2O3. The zero-order valence-electron chi connectivity index (χ0n) is 10.3. The van der Waals surface area contributed by atoms with Crippen molar-refractivity contribution in [1.29, 1.82) is 0 Å². The normalized spacial score (nSPS) is 11.9. The molecule has 0 fully saturated rings. The van der Waals surface area contributed by atoms with E-state index in [9.17, 15) is 9.59 Å². The molecule has 1 aromatic rings. The van der Waals surface area contributed by atoms with Crippen LogP contribution in [0.2, 0.25) is 5.02 Å². The van der Waals surface area contributed by atoms with Gasteiger partial charge in [0.15, 0.2) is 0 Å². The Morgan fingerprint density at radius 1 is 1.56 bits per heavy atom. The zero-order chi connectivity index (χ0) is 13.7. The average Bonchev–Trinajstić information content (AvgIpc) is 2.28. The Bertz CT molecular complexity index is 451. The van der Waals surface area contributed by atoms with Crippen LogP contribution in [0.25, 0.3) is 0 Å². The number of aliphatic carboxylic acids is 1. The van der Waals surface area contributed by atoms with Crippen LogP contribution in [0.1, 0.15) is 30.8 Å². The minimum atomic E-state index is -0.937. The highest BCUT2D eigenvalue weighted by Gasteiger charge is 2.22. The first-order chi connectivity index (χ1) is 8.45. The molecule has 0 saturated carbocycles. The van der Waals surface area contributed by atoms with Crippen LogP contribution in [0.15, 0.2) is 18.3 Å². The standard InChI is InChI=1S/C12H15ClN2O3/c1-3-15(8(2)6-11(16)17)12(18)10-7-9(13)4-5-14-10/h4-5,7-8H,3,6H2,1-2H3,(H,16,17). The first kappa shape index (κ1) is 14.4. The van der Waals surface area contributed by atoms with Crippen LogP contribution in [0, 0.1) is 0 Å². The third-order valence-electron chi connectivity index (χ3n) is 2.54. The van der Waals surface area contributed by atoms with E-state index in [0.717, 1.165) is 0 Å². The molecule has 0 saturated heterocycles. The SMILES string of the molecule is CCN(C(=O)c1cc(Cl)ccn1)C(C)CC(=O)O. The van der Waals surface area contributed by atoms with E-state index in [4.69, 9.17) is 16.7 Å². The van der Waals surface area contributed by atoms with Crippen molar-refractivity contribution >= 4 is 23.5 Å². The predicted octanol–water partition coefficient (Wildman–Crippen LogP) is 2.06. The second kappa shape index (κ2) is 6.35. The molecule has 0 radical (unpaired) electrons. The summed E-state index contributed by atoms with van der Waals surface area (Å²) in [6.45, 7) is 3.91. The van der Waals surface area contributed by atoms with Crippen molar-refractivity contribution in [3.63, 3.8) is 0 Å². The molecule has 98 valence electrons. The molecule has 6 heteroatoms. The number of amides is 1. The van der Waals surface area contributed by atoms with E-state index in [2.05, 4.69) is 4.98 Å². The lowest BCUT2D eigenvalue weighted by molar-refractivity contribution is -0.138. The Labute approximate surface area is 110 Å². The van der Waals surface area contributed by atoms with Crippen LogP contribution in [-0.4, -0.2) is 39.5 Å². The number of carboxylic acid groups (broad SMARTS) is 1. The van der Waals surface area contributed by atoms with Crippen molar-refractivity contribution in [1.82, 2.24) is 9.88 Å². The van der Waals surface area contributed by atoms with Gasteiger partial charge < -0.3 is 10.0 Å². The molecule has 1 atom stereocenters. The molecule has 1 amide bonds. The van der Waals surface area contributed by atoms with Crippen LogP contribution in [0.4, 0.5) is 0 Å². The quantitative estimate of drug-likeness (QED) is 0.889. The second-order valence-corrected chi connectivity index (χ2v) is 4.33. The summed E-state index contributed by atoms with van der Waals surface area (Å²) < 4.78 is 0. The van der Waals surface area contributed by atoms with Crippen LogP contribution in [-0.2, 0) is 4.79 Å². The van der Waals surface area contributed by atoms with Gasteiger partial charge in [-0.3, -0.25) is 14.6 Å². The number of aromatic nitrogens is 1. The van der Waals surface area contributed by atoms with Gasteiger partial charge in [-0.2, -0.15) is 0 Å². The van der Waals surface area contributed by atoms with Gasteiger partial charge in [-0.05, 0) is 26.0 Å². The second-order valence-electron chi connectivity index (χ2n) is 3.90. The van der Waals surface area contributed by atoms with E-state index in [1.165, 1.54) is 17.2 Å². The molecule has 18 heavy (non-hydrogen) atoms. The number of nitrogens with zero attached hydrogens (tertiary/aromatic N) is 2. The first-order valence-corrected chi connectivity index (χ1v) is 5.97. The molecule has 0 aliphatic carbocycles. The number of carboxylic acids is 1. The van der Waals surface area contributed by atoms with Gasteiger partial charge in [0.2, 0.25) is 0 Å². The zero-order valence-corrected chi connectivity index (χ0v) is 11.0. The lowest BCUT2D eigenvalue weighted by Crippen LogP contribution is -2.40. The van der Waals surface area contributed by atoms with Crippen molar-refractivity contribution < 1.29 is 14.7 Å². The average molecular weight is 271 g/mol. The summed E-state index contributed by atoms with van der Waals surface area (Å²) in [5.41, 5.74) is 0.224. The van der Waals surface area contributed by atoms with Crippen LogP contribution >= 0.6 is 11.6 Å². The first-order valence-electron chi connectivity index (χ1n) is 5.60. The molecule has 0 aliphatic heterocycles. The number of carbonyl (C=O) groups is 2. The van der Waals surface area contributed by atoms with Crippen LogP contribution in [0.3, 0.4) is 0 Å². The molecule has 0 aliphatic rings. The highest BCUT2D eigenvalue weighted by Crippen LogP contribution is 2.13. The number of hydrogen-bond acceptors (Lipinski definition) is 3. The lowest BCUT2D eigenvalue weighted by Gasteiger charge is -2.26. The fraction of sp³-hybridized carbons (Fsp3) is 0.417. The summed E-state index contributed by atoms with van der Waals surface area (Å²) in [5, 5.41) is 9.18. The van der Waals surface area contributed by atoms with E-state index in [1.54, 1.807) is 19.9 Å². The number of halogens is 1. The fourth-order valence-corrected chi connectivity index (χ4v) is 1.85. The van der Waals surface area contributed by atoms with E-state index in [1.807, 2.05) is 0 Å². The van der Waals surface area contributed by atoms with Crippen molar-refractivity contribution in [3.05, 3.63) is 29.0 Å². The van der Waals surface area contributed by atoms with Crippen molar-refractivity contribution in [2.45, 2.75) is 26.3 Å². The summed E-state index contributed by atoms with van der Waals surface area (Å²) in [6, 6.07) is 2.66. The Morgan fingerprint density at radius 3 is 2.72 bits per heavy atom. The van der Waals surface area contributed by atoms with Crippen molar-refractivity contribution in [2.75, 3.05) is 6.54 Å². The van der Waals surface area contributed by atoms with Gasteiger partial charge in [0.25, 0.3) is 5.91 Å². The molecule has 1 N–H and O–H groups in total. The molecule has 0 bridgehead atoms. The van der Waals surface area contributed by atoms with E-state index >= 15 is 0 Å². The topological polar surface area (TPSA) is 70.5 Å². The predicted molar refractivity (Wildman–Crippen MR) is 67.7 cm³/mol. The van der Waals surface area contributed by atoms with Gasteiger partial charge in [-0.15, -0.1) is 0 Å². The molecule has 1 heterocycles. The monoisotopic (exact) mass is 270 g/mol. The molecule has 1 aromatic heterocycles. The number of carbonyl (C=O) groups excluding carboxylic acids is 1. The van der Waals surface area contributed by atoms with Gasteiger partial charge in [-0.1, -0.05) is 11.6 Å². The third kappa shape index (κ3) is 3.70. The largest absolute Gasteiger partial charge is 0.481 e. The molecular weight excluding hydrogens is 256 g/mol. The summed E-state index contributed by atoms with van der Waals surface area (Å²) in [4.78, 5) is 28.2. The Kier molecular flexibility index (Phi) is 5.09. The summed E-state index contributed by atoms with van der Waals surface area (Å²) in [6.07, 6.45) is 1.35. The highest BCUT2D eigenvalue weighted by atomic mass is 35.5. The van der Waals surface area contributed by atoms with Gasteiger partial charge in [0, 0.05) is 23.8 Å². The van der Waals surface area contributed by atoms with Crippen molar-refractivity contribution in [2.24, 2.45) is 0 Å². The van der Waals surface area contributed by atoms with Gasteiger partial charge >= 0.3 is 5.97 Å².